The molecule has 26 heavy (non-hydrogen) atoms. The van der Waals surface area contributed by atoms with E-state index in [1.54, 1.807) is 6.92 Å². The number of ether oxygens (including phenoxy) is 1. The SMILES string of the molecule is CCCCCC[C@](O)(C(O)CC)[C@@]1(CC(O)CO)OC(=O)C(O)=C1[O-].[Na+]. The fraction of sp³-hybridized carbons (Fsp3) is 0.824. The van der Waals surface area contributed by atoms with E-state index in [1.165, 1.54) is 0 Å². The molecular formula is C17H29NaO8. The minimum atomic E-state index is -2.34. The first-order valence-electron chi connectivity index (χ1n) is 8.73. The summed E-state index contributed by atoms with van der Waals surface area (Å²) in [5, 5.41) is 62.8. The van der Waals surface area contributed by atoms with E-state index in [4.69, 9.17) is 9.84 Å². The van der Waals surface area contributed by atoms with Crippen molar-refractivity contribution in [2.75, 3.05) is 6.61 Å². The number of esters is 1. The first kappa shape index (κ1) is 25.6. The van der Waals surface area contributed by atoms with Crippen molar-refractivity contribution in [3.63, 3.8) is 0 Å². The van der Waals surface area contributed by atoms with E-state index in [0.717, 1.165) is 19.3 Å². The third-order valence-corrected chi connectivity index (χ3v) is 4.82. The predicted octanol–water partition coefficient (Wildman–Crippen LogP) is -3.37. The molecule has 1 rings (SSSR count). The van der Waals surface area contributed by atoms with E-state index < -0.39 is 53.9 Å². The summed E-state index contributed by atoms with van der Waals surface area (Å²) in [5.74, 6) is -3.68. The summed E-state index contributed by atoms with van der Waals surface area (Å²) in [6.45, 7) is 2.85. The van der Waals surface area contributed by atoms with Crippen LogP contribution in [-0.2, 0) is 9.53 Å². The molecule has 9 heteroatoms. The summed E-state index contributed by atoms with van der Waals surface area (Å²) in [5.41, 5.74) is -4.53. The molecule has 0 radical (unpaired) electrons. The van der Waals surface area contributed by atoms with Crippen LogP contribution in [0.15, 0.2) is 11.5 Å². The van der Waals surface area contributed by atoms with Crippen LogP contribution in [0.3, 0.4) is 0 Å². The van der Waals surface area contributed by atoms with Crippen LogP contribution in [-0.4, -0.2) is 61.5 Å². The number of carbonyl (C=O) groups is 1. The van der Waals surface area contributed by atoms with Gasteiger partial charge in [0, 0.05) is 6.42 Å². The molecule has 0 saturated heterocycles. The Kier molecular flexibility index (Phi) is 10.7. The number of carbonyl (C=O) groups excluding carboxylic acids is 1. The Morgan fingerprint density at radius 2 is 1.85 bits per heavy atom. The van der Waals surface area contributed by atoms with E-state index in [-0.39, 0.29) is 42.4 Å². The fourth-order valence-corrected chi connectivity index (χ4v) is 3.33. The van der Waals surface area contributed by atoms with Gasteiger partial charge in [-0.15, -0.1) is 0 Å². The van der Waals surface area contributed by atoms with Crippen LogP contribution in [0.2, 0.25) is 0 Å². The maximum absolute atomic E-state index is 12.5. The molecule has 2 unspecified atom stereocenters. The van der Waals surface area contributed by atoms with Crippen molar-refractivity contribution in [2.24, 2.45) is 0 Å². The van der Waals surface area contributed by atoms with Gasteiger partial charge in [-0.3, -0.25) is 0 Å². The molecule has 4 atom stereocenters. The number of aliphatic hydroxyl groups is 5. The Morgan fingerprint density at radius 3 is 2.27 bits per heavy atom. The number of aliphatic hydroxyl groups excluding tert-OH is 4. The van der Waals surface area contributed by atoms with Crippen molar-refractivity contribution in [1.29, 1.82) is 0 Å². The molecule has 1 heterocycles. The number of cyclic esters (lactones) is 1. The van der Waals surface area contributed by atoms with Gasteiger partial charge < -0.3 is 35.4 Å². The second kappa shape index (κ2) is 10.8. The molecular weight excluding hydrogens is 355 g/mol. The van der Waals surface area contributed by atoms with Crippen LogP contribution >= 0.6 is 0 Å². The Bertz CT molecular complexity index is 497. The van der Waals surface area contributed by atoms with E-state index in [9.17, 15) is 30.3 Å². The monoisotopic (exact) mass is 384 g/mol. The summed E-state index contributed by atoms with van der Waals surface area (Å²) >= 11 is 0. The number of unbranched alkanes of at least 4 members (excludes halogenated alkanes) is 3. The Balaban J connectivity index is 0.00000625. The maximum Gasteiger partial charge on any atom is 1.00 e. The molecule has 146 valence electrons. The van der Waals surface area contributed by atoms with Gasteiger partial charge >= 0.3 is 35.5 Å². The average molecular weight is 384 g/mol. The van der Waals surface area contributed by atoms with E-state index in [1.807, 2.05) is 6.92 Å². The number of hydrogen-bond donors (Lipinski definition) is 5. The quantitative estimate of drug-likeness (QED) is 0.141. The van der Waals surface area contributed by atoms with Crippen LogP contribution < -0.4 is 34.7 Å². The molecule has 0 fully saturated rings. The molecule has 0 bridgehead atoms. The van der Waals surface area contributed by atoms with Crippen molar-refractivity contribution in [3.8, 4) is 0 Å². The molecule has 8 nitrogen and oxygen atoms in total. The first-order chi connectivity index (χ1) is 11.7. The maximum atomic E-state index is 12.5. The van der Waals surface area contributed by atoms with Crippen LogP contribution in [0.4, 0.5) is 0 Å². The Labute approximate surface area is 175 Å². The zero-order valence-corrected chi connectivity index (χ0v) is 17.8. The average Bonchev–Trinajstić information content (AvgIpc) is 2.82. The Hall–Kier alpha value is -0.350. The van der Waals surface area contributed by atoms with Crippen LogP contribution in [0, 0.1) is 0 Å². The zero-order chi connectivity index (χ0) is 19.3. The van der Waals surface area contributed by atoms with Crippen LogP contribution in [0.25, 0.3) is 0 Å². The minimum Gasteiger partial charge on any atom is -0.870 e. The second-order valence-corrected chi connectivity index (χ2v) is 6.59. The normalized spacial score (nSPS) is 24.6. The van der Waals surface area contributed by atoms with Gasteiger partial charge in [0.05, 0.1) is 18.8 Å². The molecule has 0 aromatic rings. The van der Waals surface area contributed by atoms with Gasteiger partial charge in [-0.05, 0) is 18.6 Å². The molecule has 0 aromatic carbocycles. The van der Waals surface area contributed by atoms with Gasteiger partial charge in [-0.2, -0.15) is 0 Å². The summed E-state index contributed by atoms with van der Waals surface area (Å²) in [6.07, 6.45) is -0.535. The topological polar surface area (TPSA) is 151 Å². The number of rotatable bonds is 11. The molecule has 0 amide bonds. The smallest absolute Gasteiger partial charge is 0.870 e. The summed E-state index contributed by atoms with van der Waals surface area (Å²) < 4.78 is 5.03. The molecule has 5 N–H and O–H groups in total. The van der Waals surface area contributed by atoms with E-state index in [2.05, 4.69) is 0 Å². The Morgan fingerprint density at radius 1 is 1.23 bits per heavy atom. The molecule has 0 saturated carbocycles. The second-order valence-electron chi connectivity index (χ2n) is 6.59. The molecule has 0 aliphatic carbocycles. The van der Waals surface area contributed by atoms with Gasteiger partial charge in [0.15, 0.2) is 11.4 Å². The van der Waals surface area contributed by atoms with Gasteiger partial charge in [-0.1, -0.05) is 39.5 Å². The van der Waals surface area contributed by atoms with Crippen molar-refractivity contribution < 1.29 is 69.7 Å². The van der Waals surface area contributed by atoms with Crippen molar-refractivity contribution >= 4 is 5.97 Å². The third kappa shape index (κ3) is 4.92. The molecule has 0 spiro atoms. The third-order valence-electron chi connectivity index (χ3n) is 4.82. The van der Waals surface area contributed by atoms with Gasteiger partial charge in [0.1, 0.15) is 5.60 Å². The molecule has 1 aliphatic rings. The van der Waals surface area contributed by atoms with Gasteiger partial charge in [0.25, 0.3) is 0 Å². The predicted molar refractivity (Wildman–Crippen MR) is 86.2 cm³/mol. The van der Waals surface area contributed by atoms with Crippen molar-refractivity contribution in [2.45, 2.75) is 82.2 Å². The summed E-state index contributed by atoms with van der Waals surface area (Å²) in [4.78, 5) is 11.7. The number of hydrogen-bond acceptors (Lipinski definition) is 8. The van der Waals surface area contributed by atoms with Gasteiger partial charge in [0.2, 0.25) is 0 Å². The molecule has 0 aromatic heterocycles. The standard InChI is InChI=1S/C17H30O8.Na/c1-3-5-6-7-8-16(24,12(20)4-2)17(9-11(19)10-18)14(22)13(21)15(23)25-17;/h11-12,18-22,24H,3-10H2,1-2H3;/q;+1/p-1/t11?,12?,16-,17-;/m0./s1. The van der Waals surface area contributed by atoms with E-state index >= 15 is 0 Å². The fourth-order valence-electron chi connectivity index (χ4n) is 3.33. The van der Waals surface area contributed by atoms with Gasteiger partial charge in [-0.25, -0.2) is 4.79 Å². The van der Waals surface area contributed by atoms with E-state index in [0.29, 0.717) is 6.42 Å². The zero-order valence-electron chi connectivity index (χ0n) is 15.8. The summed E-state index contributed by atoms with van der Waals surface area (Å²) in [6, 6.07) is 0. The summed E-state index contributed by atoms with van der Waals surface area (Å²) in [7, 11) is 0. The van der Waals surface area contributed by atoms with Crippen molar-refractivity contribution in [3.05, 3.63) is 11.5 Å². The van der Waals surface area contributed by atoms with Crippen molar-refractivity contribution in [1.82, 2.24) is 0 Å². The van der Waals surface area contributed by atoms with Crippen LogP contribution in [0.1, 0.15) is 58.8 Å². The largest absolute Gasteiger partial charge is 1.00 e. The first-order valence-corrected chi connectivity index (χ1v) is 8.73. The molecule has 1 aliphatic heterocycles. The van der Waals surface area contributed by atoms with Crippen LogP contribution in [0.5, 0.6) is 0 Å². The minimum absolute atomic E-state index is 0.